The molecule has 3 aliphatic rings. The molecule has 2 aromatic rings. The number of benzene rings is 1. The van der Waals surface area contributed by atoms with E-state index in [0.29, 0.717) is 24.3 Å². The number of pyridine rings is 1. The fraction of sp³-hybridized carbons (Fsp3) is 0.536. The van der Waals surface area contributed by atoms with E-state index >= 15 is 0 Å². The van der Waals surface area contributed by atoms with Crippen LogP contribution < -0.4 is 4.74 Å². The first-order chi connectivity index (χ1) is 17.2. The number of ether oxygens (including phenoxy) is 1. The van der Waals surface area contributed by atoms with Crippen LogP contribution in [0.1, 0.15) is 55.0 Å². The zero-order valence-electron chi connectivity index (χ0n) is 20.9. The molecule has 3 heterocycles. The summed E-state index contributed by atoms with van der Waals surface area (Å²) in [6.45, 7) is 5.94. The summed E-state index contributed by atoms with van der Waals surface area (Å²) in [5.74, 6) is 1.34. The van der Waals surface area contributed by atoms with Crippen LogP contribution in [0, 0.1) is 11.3 Å². The quantitative estimate of drug-likeness (QED) is 0.522. The number of hydrogen-bond donors (Lipinski definition) is 1. The van der Waals surface area contributed by atoms with Gasteiger partial charge in [-0.3, -0.25) is 9.88 Å². The largest absolute Gasteiger partial charge is 0.504 e. The molecule has 8 heteroatoms. The average Bonchev–Trinajstić information content (AvgIpc) is 3.58. The standard InChI is InChI=1S/C28H34F3N3O2/c1-3-26(34-10-8-23-21(17-34)13-22(15-32-23)28(29,30)31)27(14-19-4-5-19)9-11-33(18-27)16-20-6-7-24(35)25(12-20)36-2/h3,6-7,12-13,15,19,35H,4-5,8-11,14,16-18H2,1-2H3/b26-3-. The topological polar surface area (TPSA) is 48.8 Å². The first-order valence-corrected chi connectivity index (χ1v) is 12.8. The predicted octanol–water partition coefficient (Wildman–Crippen LogP) is 5.77. The monoisotopic (exact) mass is 501 g/mol. The number of alkyl halides is 3. The Morgan fingerprint density at radius 1 is 1.25 bits per heavy atom. The molecule has 1 aromatic carbocycles. The van der Waals surface area contributed by atoms with Gasteiger partial charge in [-0.25, -0.2) is 0 Å². The molecule has 0 radical (unpaired) electrons. The highest BCUT2D eigenvalue weighted by molar-refractivity contribution is 5.41. The number of methoxy groups -OCH3 is 1. The highest BCUT2D eigenvalue weighted by Crippen LogP contribution is 2.51. The van der Waals surface area contributed by atoms with Gasteiger partial charge in [0, 0.05) is 55.6 Å². The van der Waals surface area contributed by atoms with E-state index in [-0.39, 0.29) is 11.2 Å². The molecule has 2 fully saturated rings. The third-order valence-electron chi connectivity index (χ3n) is 7.98. The van der Waals surface area contributed by atoms with Crippen LogP contribution in [-0.4, -0.2) is 46.6 Å². The highest BCUT2D eigenvalue weighted by Gasteiger charge is 2.46. The maximum absolute atomic E-state index is 13.3. The summed E-state index contributed by atoms with van der Waals surface area (Å²) in [5, 5.41) is 9.95. The number of fused-ring (bicyclic) bond motifs is 1. The molecule has 0 amide bonds. The van der Waals surface area contributed by atoms with Gasteiger partial charge in [-0.2, -0.15) is 13.2 Å². The molecular formula is C28H34F3N3O2. The molecule has 1 aliphatic carbocycles. The van der Waals surface area contributed by atoms with Crippen molar-refractivity contribution in [2.24, 2.45) is 11.3 Å². The average molecular weight is 502 g/mol. The van der Waals surface area contributed by atoms with Gasteiger partial charge in [0.25, 0.3) is 0 Å². The van der Waals surface area contributed by atoms with Crippen LogP contribution in [0.5, 0.6) is 11.5 Å². The van der Waals surface area contributed by atoms with E-state index in [2.05, 4.69) is 27.8 Å². The van der Waals surface area contributed by atoms with E-state index in [0.717, 1.165) is 62.4 Å². The Morgan fingerprint density at radius 3 is 2.75 bits per heavy atom. The van der Waals surface area contributed by atoms with Gasteiger partial charge in [0.05, 0.1) is 12.7 Å². The second-order valence-electron chi connectivity index (χ2n) is 10.6. The van der Waals surface area contributed by atoms with Crippen LogP contribution in [0.15, 0.2) is 42.2 Å². The minimum atomic E-state index is -4.39. The van der Waals surface area contributed by atoms with Crippen LogP contribution in [0.3, 0.4) is 0 Å². The Labute approximate surface area is 210 Å². The number of aromatic nitrogens is 1. The summed E-state index contributed by atoms with van der Waals surface area (Å²) in [7, 11) is 1.55. The molecule has 0 spiro atoms. The van der Waals surface area contributed by atoms with Crippen molar-refractivity contribution < 1.29 is 23.0 Å². The van der Waals surface area contributed by atoms with Crippen LogP contribution >= 0.6 is 0 Å². The maximum atomic E-state index is 13.3. The lowest BCUT2D eigenvalue weighted by molar-refractivity contribution is -0.137. The van der Waals surface area contributed by atoms with E-state index in [1.807, 2.05) is 12.1 Å². The van der Waals surface area contributed by atoms with Crippen LogP contribution in [0.25, 0.3) is 0 Å². The fourth-order valence-corrected chi connectivity index (χ4v) is 6.14. The number of likely N-dealkylation sites (tertiary alicyclic amines) is 1. The van der Waals surface area contributed by atoms with Gasteiger partial charge in [0.2, 0.25) is 0 Å². The number of phenols is 1. The first-order valence-electron chi connectivity index (χ1n) is 12.8. The Kier molecular flexibility index (Phi) is 6.66. The summed E-state index contributed by atoms with van der Waals surface area (Å²) in [4.78, 5) is 8.92. The molecule has 1 N–H and O–H groups in total. The minimum Gasteiger partial charge on any atom is -0.504 e. The zero-order chi connectivity index (χ0) is 25.5. The van der Waals surface area contributed by atoms with Crippen molar-refractivity contribution in [3.8, 4) is 11.5 Å². The lowest BCUT2D eigenvalue weighted by Gasteiger charge is -2.42. The van der Waals surface area contributed by atoms with Crippen molar-refractivity contribution in [3.05, 3.63) is 64.6 Å². The van der Waals surface area contributed by atoms with Gasteiger partial charge in [0.15, 0.2) is 11.5 Å². The van der Waals surface area contributed by atoms with Gasteiger partial charge in [-0.1, -0.05) is 25.0 Å². The second kappa shape index (κ2) is 9.61. The van der Waals surface area contributed by atoms with Crippen molar-refractivity contribution in [2.45, 2.75) is 58.3 Å². The number of phenolic OH excluding ortho intramolecular Hbond substituents is 1. The SMILES string of the molecule is C/C=C(\N1CCc2ncc(C(F)(F)F)cc2C1)C1(CC2CC2)CCN(Cc2ccc(O)c(OC)c2)C1. The molecule has 1 aromatic heterocycles. The number of aromatic hydroxyl groups is 1. The first kappa shape index (κ1) is 24.9. The van der Waals surface area contributed by atoms with Crippen molar-refractivity contribution in [2.75, 3.05) is 26.7 Å². The maximum Gasteiger partial charge on any atom is 0.417 e. The predicted molar refractivity (Wildman–Crippen MR) is 131 cm³/mol. The molecule has 1 saturated carbocycles. The third-order valence-corrected chi connectivity index (χ3v) is 7.98. The van der Waals surface area contributed by atoms with E-state index in [1.54, 1.807) is 13.2 Å². The summed E-state index contributed by atoms with van der Waals surface area (Å²) >= 11 is 0. The molecule has 36 heavy (non-hydrogen) atoms. The number of hydrogen-bond acceptors (Lipinski definition) is 5. The van der Waals surface area contributed by atoms with Crippen molar-refractivity contribution in [1.29, 1.82) is 0 Å². The van der Waals surface area contributed by atoms with Crippen molar-refractivity contribution >= 4 is 0 Å². The summed E-state index contributed by atoms with van der Waals surface area (Å²) in [6.07, 6.45) is 4.10. The molecule has 0 bridgehead atoms. The summed E-state index contributed by atoms with van der Waals surface area (Å²) < 4.78 is 45.3. The van der Waals surface area contributed by atoms with E-state index in [1.165, 1.54) is 24.6 Å². The molecule has 5 rings (SSSR count). The number of halogens is 3. The van der Waals surface area contributed by atoms with E-state index in [4.69, 9.17) is 4.74 Å². The number of allylic oxidation sites excluding steroid dienone is 1. The van der Waals surface area contributed by atoms with Crippen LogP contribution in [0.4, 0.5) is 13.2 Å². The molecule has 2 aliphatic heterocycles. The molecule has 1 atom stereocenters. The molecule has 194 valence electrons. The third kappa shape index (κ3) is 5.05. The Balaban J connectivity index is 1.37. The lowest BCUT2D eigenvalue weighted by Crippen LogP contribution is -2.40. The summed E-state index contributed by atoms with van der Waals surface area (Å²) in [6, 6.07) is 6.78. The van der Waals surface area contributed by atoms with Gasteiger partial charge in [0.1, 0.15) is 0 Å². The molecule has 1 unspecified atom stereocenters. The lowest BCUT2D eigenvalue weighted by atomic mass is 9.77. The van der Waals surface area contributed by atoms with Gasteiger partial charge in [-0.05, 0) is 61.6 Å². The fourth-order valence-electron chi connectivity index (χ4n) is 6.14. The molecule has 1 saturated heterocycles. The number of rotatable bonds is 7. The number of nitrogens with zero attached hydrogens (tertiary/aromatic N) is 3. The van der Waals surface area contributed by atoms with Gasteiger partial charge in [-0.15, -0.1) is 0 Å². The zero-order valence-corrected chi connectivity index (χ0v) is 20.9. The Bertz CT molecular complexity index is 1150. The van der Waals surface area contributed by atoms with Crippen molar-refractivity contribution in [3.63, 3.8) is 0 Å². The van der Waals surface area contributed by atoms with Crippen molar-refractivity contribution in [1.82, 2.24) is 14.8 Å². The molecular weight excluding hydrogens is 467 g/mol. The second-order valence-corrected chi connectivity index (χ2v) is 10.6. The van der Waals surface area contributed by atoms with Gasteiger partial charge < -0.3 is 14.7 Å². The normalized spacial score (nSPS) is 23.1. The Hall–Kier alpha value is -2.74. The van der Waals surface area contributed by atoms with E-state index < -0.39 is 11.7 Å². The van der Waals surface area contributed by atoms with E-state index in [9.17, 15) is 18.3 Å². The molecule has 5 nitrogen and oxygen atoms in total. The van der Waals surface area contributed by atoms with Gasteiger partial charge >= 0.3 is 6.18 Å². The smallest absolute Gasteiger partial charge is 0.417 e. The summed E-state index contributed by atoms with van der Waals surface area (Å²) in [5.41, 5.74) is 3.14. The minimum absolute atomic E-state index is 0.0104. The van der Waals surface area contributed by atoms with Crippen LogP contribution in [0.2, 0.25) is 0 Å². The van der Waals surface area contributed by atoms with Crippen LogP contribution in [-0.2, 0) is 25.7 Å². The Morgan fingerprint density at radius 2 is 2.06 bits per heavy atom. The highest BCUT2D eigenvalue weighted by atomic mass is 19.4.